The van der Waals surface area contributed by atoms with Crippen molar-refractivity contribution in [2.45, 2.75) is 26.7 Å². The van der Waals surface area contributed by atoms with Crippen molar-refractivity contribution in [3.8, 4) is 0 Å². The molecule has 0 aromatic carbocycles. The molecule has 0 radical (unpaired) electrons. The molecule has 0 saturated carbocycles. The lowest BCUT2D eigenvalue weighted by Gasteiger charge is -2.06. The first-order valence-corrected chi connectivity index (χ1v) is 5.62. The van der Waals surface area contributed by atoms with Crippen LogP contribution in [0.2, 0.25) is 0 Å². The molecule has 1 aromatic heterocycles. The Morgan fingerprint density at radius 3 is 2.94 bits per heavy atom. The highest BCUT2D eigenvalue weighted by Crippen LogP contribution is 2.07. The summed E-state index contributed by atoms with van der Waals surface area (Å²) < 4.78 is 4.82. The molecule has 0 bridgehead atoms. The van der Waals surface area contributed by atoms with Crippen molar-refractivity contribution in [2.24, 2.45) is 0 Å². The van der Waals surface area contributed by atoms with Crippen LogP contribution in [0.15, 0.2) is 6.07 Å². The Balaban J connectivity index is 2.28. The minimum atomic E-state index is -0.173. The monoisotopic (exact) mass is 238 g/mol. The maximum absolute atomic E-state index is 11.1. The first-order chi connectivity index (χ1) is 8.11. The highest BCUT2D eigenvalue weighted by molar-refractivity contribution is 5.69. The third kappa shape index (κ3) is 5.14. The fourth-order valence-corrected chi connectivity index (χ4v) is 1.36. The number of aromatic nitrogens is 2. The second-order valence-corrected chi connectivity index (χ2v) is 3.56. The van der Waals surface area contributed by atoms with Crippen molar-refractivity contribution in [1.29, 1.82) is 0 Å². The summed E-state index contributed by atoms with van der Waals surface area (Å²) in [5.41, 5.74) is 5.59. The van der Waals surface area contributed by atoms with Gasteiger partial charge in [0.1, 0.15) is 17.5 Å². The van der Waals surface area contributed by atoms with Crippen molar-refractivity contribution >= 4 is 17.6 Å². The molecule has 17 heavy (non-hydrogen) atoms. The Morgan fingerprint density at radius 2 is 2.29 bits per heavy atom. The number of nitrogens with two attached hydrogens (primary N) is 1. The number of esters is 1. The fraction of sp³-hybridized carbons (Fsp3) is 0.545. The molecule has 1 rings (SSSR count). The van der Waals surface area contributed by atoms with Crippen LogP contribution in [0, 0.1) is 6.92 Å². The molecule has 0 amide bonds. The normalized spacial score (nSPS) is 10.0. The fourth-order valence-electron chi connectivity index (χ4n) is 1.36. The average molecular weight is 238 g/mol. The molecule has 0 spiro atoms. The summed E-state index contributed by atoms with van der Waals surface area (Å²) in [7, 11) is 0. The molecule has 0 unspecified atom stereocenters. The third-order valence-corrected chi connectivity index (χ3v) is 2.03. The summed E-state index contributed by atoms with van der Waals surface area (Å²) in [6.45, 7) is 4.64. The van der Waals surface area contributed by atoms with Gasteiger partial charge in [-0.25, -0.2) is 9.97 Å². The van der Waals surface area contributed by atoms with E-state index in [1.54, 1.807) is 19.9 Å². The molecule has 3 N–H and O–H groups in total. The Morgan fingerprint density at radius 1 is 1.53 bits per heavy atom. The number of nitrogens with one attached hydrogen (secondary N) is 1. The first kappa shape index (κ1) is 13.2. The molecule has 6 nitrogen and oxygen atoms in total. The Bertz CT molecular complexity index is 361. The summed E-state index contributed by atoms with van der Waals surface area (Å²) in [4.78, 5) is 19.2. The van der Waals surface area contributed by atoms with Crippen molar-refractivity contribution in [1.82, 2.24) is 9.97 Å². The minimum Gasteiger partial charge on any atom is -0.466 e. The van der Waals surface area contributed by atoms with Crippen LogP contribution in [0.4, 0.5) is 11.6 Å². The third-order valence-electron chi connectivity index (χ3n) is 2.03. The lowest BCUT2D eigenvalue weighted by Crippen LogP contribution is -2.09. The van der Waals surface area contributed by atoms with Crippen LogP contribution in [0.5, 0.6) is 0 Å². The van der Waals surface area contributed by atoms with Crippen LogP contribution in [0.1, 0.15) is 25.6 Å². The zero-order valence-corrected chi connectivity index (χ0v) is 10.2. The molecule has 0 aliphatic rings. The van der Waals surface area contributed by atoms with Gasteiger partial charge in [0.2, 0.25) is 0 Å². The second kappa shape index (κ2) is 6.67. The van der Waals surface area contributed by atoms with Crippen molar-refractivity contribution in [2.75, 3.05) is 24.2 Å². The van der Waals surface area contributed by atoms with Crippen LogP contribution in [0.25, 0.3) is 0 Å². The first-order valence-electron chi connectivity index (χ1n) is 5.62. The number of nitrogens with zero attached hydrogens (tertiary/aromatic N) is 2. The van der Waals surface area contributed by atoms with Gasteiger partial charge in [0.05, 0.1) is 6.61 Å². The van der Waals surface area contributed by atoms with Crippen LogP contribution >= 0.6 is 0 Å². The molecule has 0 aliphatic carbocycles. The summed E-state index contributed by atoms with van der Waals surface area (Å²) in [5.74, 6) is 1.56. The molecule has 6 heteroatoms. The molecule has 1 heterocycles. The van der Waals surface area contributed by atoms with E-state index in [1.807, 2.05) is 0 Å². The van der Waals surface area contributed by atoms with Crippen molar-refractivity contribution in [3.05, 3.63) is 11.9 Å². The van der Waals surface area contributed by atoms with Gasteiger partial charge >= 0.3 is 5.97 Å². The van der Waals surface area contributed by atoms with Crippen molar-refractivity contribution in [3.63, 3.8) is 0 Å². The number of rotatable bonds is 6. The van der Waals surface area contributed by atoms with E-state index in [9.17, 15) is 4.79 Å². The van der Waals surface area contributed by atoms with Crippen LogP contribution < -0.4 is 11.1 Å². The van der Waals surface area contributed by atoms with Crippen molar-refractivity contribution < 1.29 is 9.53 Å². The molecular formula is C11H18N4O2. The van der Waals surface area contributed by atoms with Crippen LogP contribution in [0.3, 0.4) is 0 Å². The zero-order valence-electron chi connectivity index (χ0n) is 10.2. The summed E-state index contributed by atoms with van der Waals surface area (Å²) in [6, 6.07) is 1.66. The molecule has 0 aliphatic heterocycles. The van der Waals surface area contributed by atoms with E-state index in [0.29, 0.717) is 43.5 Å². The number of nitrogen functional groups attached to an aromatic ring is 1. The standard InChI is InChI=1S/C11H18N4O2/c1-3-17-11(16)5-4-6-13-10-7-9(12)14-8(2)15-10/h7H,3-6H2,1-2H3,(H3,12,13,14,15). The highest BCUT2D eigenvalue weighted by atomic mass is 16.5. The number of carbonyl (C=O) groups excluding carboxylic acids is 1. The van der Waals surface area contributed by atoms with Gasteiger partial charge in [0.15, 0.2) is 0 Å². The largest absolute Gasteiger partial charge is 0.466 e. The van der Waals surface area contributed by atoms with Gasteiger partial charge in [-0.3, -0.25) is 4.79 Å². The van der Waals surface area contributed by atoms with E-state index in [4.69, 9.17) is 10.5 Å². The number of hydrogen-bond donors (Lipinski definition) is 2. The smallest absolute Gasteiger partial charge is 0.305 e. The van der Waals surface area contributed by atoms with Gasteiger partial charge in [-0.15, -0.1) is 0 Å². The minimum absolute atomic E-state index is 0.173. The molecule has 94 valence electrons. The predicted octanol–water partition coefficient (Wildman–Crippen LogP) is 1.12. The van der Waals surface area contributed by atoms with E-state index < -0.39 is 0 Å². The Kier molecular flexibility index (Phi) is 5.19. The van der Waals surface area contributed by atoms with E-state index in [-0.39, 0.29) is 5.97 Å². The van der Waals surface area contributed by atoms with E-state index >= 15 is 0 Å². The predicted molar refractivity (Wildman–Crippen MR) is 65.5 cm³/mol. The van der Waals surface area contributed by atoms with Gasteiger partial charge in [0, 0.05) is 19.0 Å². The van der Waals surface area contributed by atoms with E-state index in [0.717, 1.165) is 0 Å². The second-order valence-electron chi connectivity index (χ2n) is 3.56. The lowest BCUT2D eigenvalue weighted by atomic mass is 10.3. The molecule has 0 saturated heterocycles. The molecular weight excluding hydrogens is 220 g/mol. The number of aryl methyl sites for hydroxylation is 1. The molecule has 0 atom stereocenters. The lowest BCUT2D eigenvalue weighted by molar-refractivity contribution is -0.143. The number of ether oxygens (including phenoxy) is 1. The van der Waals surface area contributed by atoms with Gasteiger partial charge < -0.3 is 15.8 Å². The highest BCUT2D eigenvalue weighted by Gasteiger charge is 2.02. The molecule has 1 aromatic rings. The summed E-state index contributed by atoms with van der Waals surface area (Å²) in [5, 5.41) is 3.08. The quantitative estimate of drug-likeness (QED) is 0.570. The number of anilines is 2. The van der Waals surface area contributed by atoms with Gasteiger partial charge in [-0.2, -0.15) is 0 Å². The Hall–Kier alpha value is -1.85. The van der Waals surface area contributed by atoms with Crippen LogP contribution in [-0.2, 0) is 9.53 Å². The van der Waals surface area contributed by atoms with Gasteiger partial charge in [0.25, 0.3) is 0 Å². The maximum atomic E-state index is 11.1. The topological polar surface area (TPSA) is 90.1 Å². The average Bonchev–Trinajstić information content (AvgIpc) is 2.23. The van der Waals surface area contributed by atoms with Gasteiger partial charge in [-0.05, 0) is 20.3 Å². The number of hydrogen-bond acceptors (Lipinski definition) is 6. The maximum Gasteiger partial charge on any atom is 0.305 e. The van der Waals surface area contributed by atoms with Gasteiger partial charge in [-0.1, -0.05) is 0 Å². The number of carbonyl (C=O) groups is 1. The SMILES string of the molecule is CCOC(=O)CCCNc1cc(N)nc(C)n1. The molecule has 0 fully saturated rings. The summed E-state index contributed by atoms with van der Waals surface area (Å²) >= 11 is 0. The summed E-state index contributed by atoms with van der Waals surface area (Å²) in [6.07, 6.45) is 1.10. The Labute approximate surface area is 101 Å². The van der Waals surface area contributed by atoms with E-state index in [2.05, 4.69) is 15.3 Å². The van der Waals surface area contributed by atoms with Crippen LogP contribution in [-0.4, -0.2) is 29.1 Å². The van der Waals surface area contributed by atoms with E-state index in [1.165, 1.54) is 0 Å². The zero-order chi connectivity index (χ0) is 12.7.